The summed E-state index contributed by atoms with van der Waals surface area (Å²) in [6.07, 6.45) is 1.85. The first-order valence-electron chi connectivity index (χ1n) is 13.1. The Morgan fingerprint density at radius 1 is 0.463 bits per heavy atom. The average molecular weight is 717 g/mol. The third-order valence-corrected chi connectivity index (χ3v) is 11.3. The summed E-state index contributed by atoms with van der Waals surface area (Å²) in [6.45, 7) is 1.61. The second-order valence-corrected chi connectivity index (χ2v) is 16.0. The van der Waals surface area contributed by atoms with Gasteiger partial charge in [-0.15, -0.1) is 47.0 Å². The fraction of sp³-hybridized carbons (Fsp3) is 0.875. The molecule has 0 spiro atoms. The maximum Gasteiger partial charge on any atom is 0.307 e. The summed E-state index contributed by atoms with van der Waals surface area (Å²) in [5, 5.41) is 18.9. The van der Waals surface area contributed by atoms with Crippen molar-refractivity contribution in [1.29, 1.82) is 0 Å². The minimum atomic E-state index is -0.242. The van der Waals surface area contributed by atoms with Gasteiger partial charge in [0.05, 0.1) is 45.7 Å². The Balaban J connectivity index is 3.28. The zero-order chi connectivity index (χ0) is 30.1. The molecule has 0 aliphatic heterocycles. The predicted octanol–water partition coefficient (Wildman–Crippen LogP) is 4.07. The van der Waals surface area contributed by atoms with Crippen LogP contribution >= 0.6 is 82.3 Å². The van der Waals surface area contributed by atoms with Gasteiger partial charge in [-0.25, -0.2) is 9.78 Å². The van der Waals surface area contributed by atoms with Crippen LogP contribution in [0.25, 0.3) is 0 Å². The van der Waals surface area contributed by atoms with Crippen LogP contribution in [0.15, 0.2) is 0 Å². The van der Waals surface area contributed by atoms with Crippen molar-refractivity contribution in [2.24, 2.45) is 0 Å². The highest BCUT2D eigenvalue weighted by Gasteiger charge is 2.06. The van der Waals surface area contributed by atoms with Crippen LogP contribution in [0, 0.1) is 0 Å². The highest BCUT2D eigenvalue weighted by atomic mass is 32.2. The van der Waals surface area contributed by atoms with Crippen LogP contribution in [0.3, 0.4) is 0 Å². The Morgan fingerprint density at radius 2 is 0.927 bits per heavy atom. The molecule has 242 valence electrons. The molecule has 0 unspecified atom stereocenters. The van der Waals surface area contributed by atoms with Crippen molar-refractivity contribution in [3.05, 3.63) is 0 Å². The summed E-state index contributed by atoms with van der Waals surface area (Å²) in [6, 6.07) is 0. The van der Waals surface area contributed by atoms with Crippen molar-refractivity contribution in [2.45, 2.75) is 25.7 Å². The van der Waals surface area contributed by atoms with Gasteiger partial charge in [0.2, 0.25) is 0 Å². The first-order valence-corrected chi connectivity index (χ1v) is 21.2. The van der Waals surface area contributed by atoms with E-state index in [0.29, 0.717) is 85.5 Å². The highest BCUT2D eigenvalue weighted by Crippen LogP contribution is 2.14. The zero-order valence-electron chi connectivity index (χ0n) is 23.4. The Bertz CT molecular complexity index is 623. The fourth-order valence-corrected chi connectivity index (χ4v) is 7.65. The number of hydrogen-bond donors (Lipinski definition) is 2. The molecule has 0 aromatic heterocycles. The molecule has 2 N–H and O–H groups in total. The largest absolute Gasteiger partial charge is 0.465 e. The lowest BCUT2D eigenvalue weighted by Crippen LogP contribution is -2.10. The minimum Gasteiger partial charge on any atom is -0.465 e. The van der Waals surface area contributed by atoms with Crippen LogP contribution in [0.2, 0.25) is 0 Å². The fourth-order valence-electron chi connectivity index (χ4n) is 2.28. The maximum absolute atomic E-state index is 11.8. The van der Waals surface area contributed by atoms with Gasteiger partial charge in [-0.1, -0.05) is 0 Å². The number of carbonyl (C=O) groups excluding carboxylic acids is 3. The molecule has 0 aromatic rings. The van der Waals surface area contributed by atoms with E-state index in [-0.39, 0.29) is 31.1 Å². The van der Waals surface area contributed by atoms with E-state index < -0.39 is 0 Å². The molecule has 0 radical (unpaired) electrons. The molecule has 0 atom stereocenters. The Morgan fingerprint density at radius 3 is 1.49 bits per heavy atom. The summed E-state index contributed by atoms with van der Waals surface area (Å²) in [4.78, 5) is 45.3. The van der Waals surface area contributed by atoms with Crippen LogP contribution in [0.1, 0.15) is 25.7 Å². The van der Waals surface area contributed by atoms with E-state index in [4.69, 9.17) is 34.2 Å². The van der Waals surface area contributed by atoms with Gasteiger partial charge in [0, 0.05) is 50.4 Å². The number of hydrogen-bond acceptors (Lipinski definition) is 17. The molecule has 0 aliphatic rings. The van der Waals surface area contributed by atoms with Crippen LogP contribution in [-0.4, -0.2) is 129 Å². The second kappa shape index (κ2) is 35.2. The predicted molar refractivity (Wildman–Crippen MR) is 179 cm³/mol. The molecule has 0 aliphatic carbocycles. The monoisotopic (exact) mass is 716 g/mol. The first kappa shape index (κ1) is 41.7. The molecule has 0 heterocycles. The molecular formula is C24H44O10S7. The third-order valence-electron chi connectivity index (χ3n) is 4.16. The van der Waals surface area contributed by atoms with Crippen LogP contribution < -0.4 is 0 Å². The number of carbonyl (C=O) groups is 3. The van der Waals surface area contributed by atoms with E-state index in [2.05, 4.69) is 0 Å². The average Bonchev–Trinajstić information content (AvgIpc) is 2.96. The Hall–Kier alpha value is 0.700. The van der Waals surface area contributed by atoms with E-state index in [9.17, 15) is 14.4 Å². The van der Waals surface area contributed by atoms with Crippen LogP contribution in [0.5, 0.6) is 0 Å². The molecule has 0 aromatic carbocycles. The quantitative estimate of drug-likeness (QED) is 0.0258. The summed E-state index contributed by atoms with van der Waals surface area (Å²) >= 11 is 11.1. The summed E-state index contributed by atoms with van der Waals surface area (Å²) in [7, 11) is 0. The van der Waals surface area contributed by atoms with Crippen molar-refractivity contribution in [1.82, 2.24) is 0 Å². The number of aliphatic hydroxyl groups excluding tert-OH is 2. The van der Waals surface area contributed by atoms with Crippen molar-refractivity contribution in [3.8, 4) is 0 Å². The molecule has 41 heavy (non-hydrogen) atoms. The number of aliphatic hydroxyl groups is 2. The number of ether oxygens (including phenoxy) is 3. The molecular weight excluding hydrogens is 673 g/mol. The van der Waals surface area contributed by atoms with Crippen molar-refractivity contribution in [3.63, 3.8) is 0 Å². The lowest BCUT2D eigenvalue weighted by molar-refractivity contribution is -0.289. The number of esters is 3. The van der Waals surface area contributed by atoms with Crippen LogP contribution in [0.4, 0.5) is 0 Å². The molecule has 0 saturated carbocycles. The maximum atomic E-state index is 11.8. The van der Waals surface area contributed by atoms with E-state index in [1.807, 2.05) is 0 Å². The molecule has 0 amide bonds. The lowest BCUT2D eigenvalue weighted by atomic mass is 10.5. The van der Waals surface area contributed by atoms with Gasteiger partial charge in [0.15, 0.2) is 0 Å². The van der Waals surface area contributed by atoms with Gasteiger partial charge in [-0.3, -0.25) is 14.4 Å². The van der Waals surface area contributed by atoms with E-state index >= 15 is 0 Å². The second-order valence-electron chi connectivity index (χ2n) is 7.48. The summed E-state index contributed by atoms with van der Waals surface area (Å²) in [5.41, 5.74) is 0. The summed E-state index contributed by atoms with van der Waals surface area (Å²) in [5.74, 6) is 5.61. The highest BCUT2D eigenvalue weighted by molar-refractivity contribution is 8.16. The van der Waals surface area contributed by atoms with Gasteiger partial charge in [-0.2, -0.15) is 35.3 Å². The Kier molecular flexibility index (Phi) is 35.8. The van der Waals surface area contributed by atoms with Gasteiger partial charge in [-0.05, 0) is 12.2 Å². The van der Waals surface area contributed by atoms with Gasteiger partial charge >= 0.3 is 17.9 Å². The van der Waals surface area contributed by atoms with Crippen molar-refractivity contribution < 1.29 is 48.6 Å². The molecule has 10 nitrogen and oxygen atoms in total. The normalized spacial score (nSPS) is 11.0. The van der Waals surface area contributed by atoms with Gasteiger partial charge in [0.1, 0.15) is 18.5 Å². The smallest absolute Gasteiger partial charge is 0.307 e. The first-order chi connectivity index (χ1) is 20.1. The zero-order valence-corrected chi connectivity index (χ0v) is 29.1. The molecule has 0 fully saturated rings. The van der Waals surface area contributed by atoms with Crippen molar-refractivity contribution >= 4 is 100 Å². The van der Waals surface area contributed by atoms with Crippen molar-refractivity contribution in [2.75, 3.05) is 101 Å². The van der Waals surface area contributed by atoms with Gasteiger partial charge in [0.25, 0.3) is 0 Å². The van der Waals surface area contributed by atoms with E-state index in [1.54, 1.807) is 47.0 Å². The molecule has 0 saturated heterocycles. The number of rotatable bonds is 32. The van der Waals surface area contributed by atoms with E-state index in [1.165, 1.54) is 35.3 Å². The Labute approximate surface area is 274 Å². The van der Waals surface area contributed by atoms with Crippen LogP contribution in [-0.2, 0) is 38.4 Å². The number of thioether (sulfide) groups is 7. The SMILES string of the molecule is O=C(CCSCCC(=O)OCSCSCCO)OCCSCCOOCCCSCCC(=O)OCSCSCCO. The van der Waals surface area contributed by atoms with E-state index in [0.717, 1.165) is 28.1 Å². The topological polar surface area (TPSA) is 138 Å². The minimum absolute atomic E-state index is 0.154. The van der Waals surface area contributed by atoms with Gasteiger partial charge < -0.3 is 24.4 Å². The molecule has 0 rings (SSSR count). The molecule has 17 heteroatoms. The third kappa shape index (κ3) is 35.1. The summed E-state index contributed by atoms with van der Waals surface area (Å²) < 4.78 is 15.5. The standard InChI is InChI=1S/C24H44O10S7/c25-5-14-38-20-40-18-31-23(28)3-11-35-10-1-7-33-34-9-17-37-16-8-30-22(27)2-12-36-13-4-24(29)32-19-41-21-39-15-6-26/h25-26H,1-21H2. The lowest BCUT2D eigenvalue weighted by Gasteiger charge is -2.06. The molecule has 0 bridgehead atoms.